The van der Waals surface area contributed by atoms with E-state index >= 15 is 0 Å². The first-order valence-corrected chi connectivity index (χ1v) is 12.0. The zero-order valence-corrected chi connectivity index (χ0v) is 21.1. The highest BCUT2D eigenvalue weighted by Crippen LogP contribution is 2.32. The van der Waals surface area contributed by atoms with Gasteiger partial charge in [0.05, 0.1) is 43.2 Å². The number of carbonyl (C=O) groups is 1. The monoisotopic (exact) mass is 530 g/mol. The fourth-order valence-corrected chi connectivity index (χ4v) is 4.20. The normalized spacial score (nSPS) is 11.0. The molecule has 5 rings (SSSR count). The molecular formula is C28H24F2N6O3. The highest BCUT2D eigenvalue weighted by Gasteiger charge is 2.20. The van der Waals surface area contributed by atoms with Crippen LogP contribution in [-0.2, 0) is 6.54 Å². The molecule has 39 heavy (non-hydrogen) atoms. The molecule has 2 aromatic heterocycles. The molecule has 0 bridgehead atoms. The Morgan fingerprint density at radius 1 is 1.08 bits per heavy atom. The van der Waals surface area contributed by atoms with Crippen LogP contribution in [-0.4, -0.2) is 39.4 Å². The Kier molecular flexibility index (Phi) is 7.04. The van der Waals surface area contributed by atoms with Crippen LogP contribution in [0.4, 0.5) is 20.3 Å². The van der Waals surface area contributed by atoms with Gasteiger partial charge in [-0.3, -0.25) is 9.48 Å². The number of amides is 1. The average molecular weight is 531 g/mol. The highest BCUT2D eigenvalue weighted by molar-refractivity contribution is 5.99. The van der Waals surface area contributed by atoms with Gasteiger partial charge < -0.3 is 20.5 Å². The third-order valence-corrected chi connectivity index (χ3v) is 6.02. The number of primary amides is 1. The molecule has 0 saturated heterocycles. The van der Waals surface area contributed by atoms with Crippen molar-refractivity contribution in [3.63, 3.8) is 0 Å². The largest absolute Gasteiger partial charge is 0.494 e. The Hall–Kier alpha value is -5.06. The van der Waals surface area contributed by atoms with Crippen molar-refractivity contribution in [2.24, 2.45) is 5.73 Å². The number of methoxy groups -OCH3 is 1. The summed E-state index contributed by atoms with van der Waals surface area (Å²) in [5.41, 5.74) is 7.10. The van der Waals surface area contributed by atoms with Crippen molar-refractivity contribution in [2.45, 2.75) is 13.5 Å². The van der Waals surface area contributed by atoms with Crippen molar-refractivity contribution in [3.8, 4) is 23.0 Å². The van der Waals surface area contributed by atoms with Crippen LogP contribution in [0.5, 0.6) is 11.5 Å². The molecule has 3 aromatic carbocycles. The number of para-hydroxylation sites is 2. The van der Waals surface area contributed by atoms with E-state index in [0.29, 0.717) is 28.0 Å². The second-order valence-electron chi connectivity index (χ2n) is 8.47. The fourth-order valence-electron chi connectivity index (χ4n) is 4.20. The summed E-state index contributed by atoms with van der Waals surface area (Å²) in [6.07, 6.45) is 1.47. The van der Waals surface area contributed by atoms with Crippen LogP contribution in [0.3, 0.4) is 0 Å². The minimum Gasteiger partial charge on any atom is -0.494 e. The van der Waals surface area contributed by atoms with Crippen LogP contribution in [0.2, 0.25) is 0 Å². The Balaban J connectivity index is 1.57. The zero-order chi connectivity index (χ0) is 27.5. The number of nitrogens with two attached hydrogens (primary N) is 1. The van der Waals surface area contributed by atoms with Gasteiger partial charge in [0.2, 0.25) is 0 Å². The Labute approximate surface area is 222 Å². The number of anilines is 2. The molecule has 3 N–H and O–H groups in total. The van der Waals surface area contributed by atoms with Gasteiger partial charge in [-0.2, -0.15) is 5.10 Å². The Morgan fingerprint density at radius 2 is 1.79 bits per heavy atom. The van der Waals surface area contributed by atoms with Crippen molar-refractivity contribution in [3.05, 3.63) is 89.6 Å². The third kappa shape index (κ3) is 5.06. The summed E-state index contributed by atoms with van der Waals surface area (Å²) in [7, 11) is 1.47. The second-order valence-corrected chi connectivity index (χ2v) is 8.47. The predicted molar refractivity (Wildman–Crippen MR) is 142 cm³/mol. The summed E-state index contributed by atoms with van der Waals surface area (Å²) in [5.74, 6) is -1.13. The van der Waals surface area contributed by atoms with Gasteiger partial charge in [-0.05, 0) is 25.1 Å². The van der Waals surface area contributed by atoms with E-state index in [1.165, 1.54) is 18.0 Å². The lowest BCUT2D eigenvalue weighted by atomic mass is 10.1. The predicted octanol–water partition coefficient (Wildman–Crippen LogP) is 5.07. The van der Waals surface area contributed by atoms with Gasteiger partial charge in [0.25, 0.3) is 5.91 Å². The van der Waals surface area contributed by atoms with Crippen molar-refractivity contribution < 1.29 is 23.0 Å². The summed E-state index contributed by atoms with van der Waals surface area (Å²) in [6, 6.07) is 16.3. The van der Waals surface area contributed by atoms with Crippen LogP contribution in [0.1, 0.15) is 22.8 Å². The number of ether oxygens (including phenoxy) is 2. The first kappa shape index (κ1) is 25.6. The second kappa shape index (κ2) is 10.7. The number of hydrogen-bond donors (Lipinski definition) is 2. The highest BCUT2D eigenvalue weighted by atomic mass is 19.1. The molecule has 0 atom stereocenters. The van der Waals surface area contributed by atoms with Crippen LogP contribution in [0.25, 0.3) is 22.4 Å². The molecule has 0 radical (unpaired) electrons. The number of fused-ring (bicyclic) bond motifs is 1. The molecule has 0 aliphatic carbocycles. The summed E-state index contributed by atoms with van der Waals surface area (Å²) in [6.45, 7) is 1.86. The third-order valence-electron chi connectivity index (χ3n) is 6.02. The SMILES string of the molecule is CCOc1cc(F)c(Cn2nc(-c3ncc(OC)c(Nc4ccccc4C(N)=O)n3)c3ccccc32)c(F)c1. The number of rotatable bonds is 9. The number of hydrogen-bond acceptors (Lipinski definition) is 7. The maximum absolute atomic E-state index is 14.8. The molecule has 0 saturated carbocycles. The average Bonchev–Trinajstić information content (AvgIpc) is 3.29. The first-order chi connectivity index (χ1) is 18.9. The molecule has 0 aliphatic heterocycles. The van der Waals surface area contributed by atoms with E-state index in [0.717, 1.165) is 12.1 Å². The summed E-state index contributed by atoms with van der Waals surface area (Å²) in [5, 5.41) is 8.39. The maximum atomic E-state index is 14.8. The van der Waals surface area contributed by atoms with Gasteiger partial charge in [0.1, 0.15) is 23.1 Å². The van der Waals surface area contributed by atoms with Crippen molar-refractivity contribution in [2.75, 3.05) is 19.0 Å². The molecule has 0 unspecified atom stereocenters. The number of nitrogens with one attached hydrogen (secondary N) is 1. The number of benzene rings is 3. The van der Waals surface area contributed by atoms with Crippen LogP contribution in [0, 0.1) is 11.6 Å². The molecule has 0 aliphatic rings. The maximum Gasteiger partial charge on any atom is 0.250 e. The van der Waals surface area contributed by atoms with Crippen LogP contribution in [0.15, 0.2) is 66.9 Å². The van der Waals surface area contributed by atoms with E-state index in [1.54, 1.807) is 43.3 Å². The first-order valence-electron chi connectivity index (χ1n) is 12.0. The number of carbonyl (C=O) groups excluding carboxylic acids is 1. The van der Waals surface area contributed by atoms with E-state index in [4.69, 9.17) is 15.2 Å². The number of aromatic nitrogens is 4. The van der Waals surface area contributed by atoms with Crippen LogP contribution < -0.4 is 20.5 Å². The van der Waals surface area contributed by atoms with E-state index in [9.17, 15) is 13.6 Å². The lowest BCUT2D eigenvalue weighted by molar-refractivity contribution is 0.100. The van der Waals surface area contributed by atoms with Crippen molar-refractivity contribution >= 4 is 28.3 Å². The summed E-state index contributed by atoms with van der Waals surface area (Å²) >= 11 is 0. The number of nitrogens with zero attached hydrogens (tertiary/aromatic N) is 4. The zero-order valence-electron chi connectivity index (χ0n) is 21.1. The van der Waals surface area contributed by atoms with E-state index in [1.807, 2.05) is 12.1 Å². The fraction of sp³-hybridized carbons (Fsp3) is 0.143. The molecule has 9 nitrogen and oxygen atoms in total. The molecule has 11 heteroatoms. The van der Waals surface area contributed by atoms with Crippen molar-refractivity contribution in [1.29, 1.82) is 0 Å². The van der Waals surface area contributed by atoms with Gasteiger partial charge >= 0.3 is 0 Å². The molecule has 2 heterocycles. The van der Waals surface area contributed by atoms with E-state index in [2.05, 4.69) is 20.4 Å². The van der Waals surface area contributed by atoms with Crippen LogP contribution >= 0.6 is 0 Å². The lowest BCUT2D eigenvalue weighted by Crippen LogP contribution is -2.13. The van der Waals surface area contributed by atoms with E-state index in [-0.39, 0.29) is 41.7 Å². The smallest absolute Gasteiger partial charge is 0.250 e. The van der Waals surface area contributed by atoms with Gasteiger partial charge in [0, 0.05) is 23.1 Å². The molecule has 0 fully saturated rings. The Bertz CT molecular complexity index is 1660. The van der Waals surface area contributed by atoms with Gasteiger partial charge in [-0.1, -0.05) is 30.3 Å². The standard InChI is InChI=1S/C28H24F2N6O3/c1-3-39-16-12-20(29)19(21(30)13-16)15-36-23-11-7-5-9-18(23)25(35-36)28-32-14-24(38-2)27(34-28)33-22-10-6-4-8-17(22)26(31)37/h4-14H,3,15H2,1-2H3,(H2,31,37)(H,32,33,34). The van der Waals surface area contributed by atoms with Gasteiger partial charge in [-0.25, -0.2) is 18.7 Å². The molecule has 1 amide bonds. The molecule has 5 aromatic rings. The Morgan fingerprint density at radius 3 is 2.51 bits per heavy atom. The van der Waals surface area contributed by atoms with Gasteiger partial charge in [0.15, 0.2) is 17.4 Å². The molecule has 0 spiro atoms. The lowest BCUT2D eigenvalue weighted by Gasteiger charge is -2.13. The summed E-state index contributed by atoms with van der Waals surface area (Å²) < 4.78 is 41.8. The number of halogens is 2. The quantitative estimate of drug-likeness (QED) is 0.273. The minimum absolute atomic E-state index is 0.117. The topological polar surface area (TPSA) is 117 Å². The van der Waals surface area contributed by atoms with Crippen molar-refractivity contribution in [1.82, 2.24) is 19.7 Å². The van der Waals surface area contributed by atoms with E-state index < -0.39 is 17.5 Å². The minimum atomic E-state index is -0.736. The molecular weight excluding hydrogens is 506 g/mol. The molecule has 198 valence electrons. The van der Waals surface area contributed by atoms with Gasteiger partial charge in [-0.15, -0.1) is 0 Å². The summed E-state index contributed by atoms with van der Waals surface area (Å²) in [4.78, 5) is 20.9.